The molecule has 0 unspecified atom stereocenters. The zero-order valence-electron chi connectivity index (χ0n) is 29.4. The Kier molecular flexibility index (Phi) is 9.75. The van der Waals surface area contributed by atoms with Gasteiger partial charge in [-0.2, -0.15) is 0 Å². The second-order valence-corrected chi connectivity index (χ2v) is 23.6. The third-order valence-electron chi connectivity index (χ3n) is 12.3. The van der Waals surface area contributed by atoms with Crippen molar-refractivity contribution in [2.75, 3.05) is 0 Å². The van der Waals surface area contributed by atoms with E-state index < -0.39 is 21.3 Å². The number of benzene rings is 3. The largest absolute Gasteiger partial charge is 1.00 e. The fourth-order valence-corrected chi connectivity index (χ4v) is 17.0. The summed E-state index contributed by atoms with van der Waals surface area (Å²) in [6.45, 7) is 14.3. The molecule has 0 atom stereocenters. The average molecular weight is 743 g/mol. The van der Waals surface area contributed by atoms with E-state index in [9.17, 15) is 0 Å². The molecular formula is C44H52Cl2Zr. The fraction of sp³-hybridized carbons (Fsp3) is 0.477. The van der Waals surface area contributed by atoms with E-state index in [1.165, 1.54) is 78.3 Å². The number of halogens is 2. The van der Waals surface area contributed by atoms with E-state index in [1.54, 1.807) is 14.4 Å². The maximum Gasteiger partial charge on any atom is -1.00 e. The van der Waals surface area contributed by atoms with Gasteiger partial charge in [-0.25, -0.2) is 0 Å². The fourth-order valence-electron chi connectivity index (χ4n) is 10.2. The van der Waals surface area contributed by atoms with Crippen molar-refractivity contribution in [3.05, 3.63) is 109 Å². The molecule has 4 saturated carbocycles. The molecule has 0 saturated heterocycles. The summed E-state index contributed by atoms with van der Waals surface area (Å²) in [7, 11) is 0. The molecular weight excluding hydrogens is 691 g/mol. The van der Waals surface area contributed by atoms with Gasteiger partial charge in [0, 0.05) is 0 Å². The van der Waals surface area contributed by atoms with Gasteiger partial charge in [-0.15, -0.1) is 0 Å². The van der Waals surface area contributed by atoms with Crippen molar-refractivity contribution >= 4 is 6.98 Å². The Labute approximate surface area is 304 Å². The predicted octanol–water partition coefficient (Wildman–Crippen LogP) is 4.58. The molecule has 6 aliphatic carbocycles. The van der Waals surface area contributed by atoms with Crippen molar-refractivity contribution in [1.82, 2.24) is 0 Å². The number of hydrogen-bond acceptors (Lipinski definition) is 0. The van der Waals surface area contributed by atoms with E-state index in [2.05, 4.69) is 118 Å². The van der Waals surface area contributed by atoms with E-state index in [-0.39, 0.29) is 35.6 Å². The van der Waals surface area contributed by atoms with E-state index in [0.717, 1.165) is 30.6 Å². The first kappa shape index (κ1) is 35.3. The molecule has 0 radical (unpaired) electrons. The quantitative estimate of drug-likeness (QED) is 0.281. The van der Waals surface area contributed by atoms with Gasteiger partial charge in [0.15, 0.2) is 0 Å². The summed E-state index contributed by atoms with van der Waals surface area (Å²) in [5.74, 6) is 3.00. The molecule has 3 aromatic rings. The van der Waals surface area contributed by atoms with Crippen LogP contribution < -0.4 is 28.1 Å². The summed E-state index contributed by atoms with van der Waals surface area (Å²) >= 11 is -2.39. The standard InChI is InChI=1S/C21H25.C15H19.C8H8.2ClH.Zr/c1-20(2,3)16-9-7-14-11-15-8-10-17(21(4,5)6)13-19(15)18(14)12-16;1-2-4-14(3-1)15-8-11-5-12(9-15)7-13(6-11)10-15;1-2-8-6-4-3-5-7-8;;;/h7,9-10,12-13H,11H2,1-6H3;3-4,11-13H,1,5-10H2;1,3-7H,2H2;2*1H;/q;;;;;+2/p-2. The Morgan fingerprint density at radius 3 is 1.98 bits per heavy atom. The van der Waals surface area contributed by atoms with Crippen LogP contribution in [0.1, 0.15) is 114 Å². The first-order valence-electron chi connectivity index (χ1n) is 17.9. The van der Waals surface area contributed by atoms with Gasteiger partial charge in [0.05, 0.1) is 0 Å². The van der Waals surface area contributed by atoms with Crippen molar-refractivity contribution in [3.63, 3.8) is 0 Å². The second-order valence-electron chi connectivity index (χ2n) is 17.6. The molecule has 246 valence electrons. The third-order valence-corrected chi connectivity index (χ3v) is 18.9. The van der Waals surface area contributed by atoms with Gasteiger partial charge in [-0.1, -0.05) is 0 Å². The van der Waals surface area contributed by atoms with Crippen LogP contribution >= 0.6 is 0 Å². The van der Waals surface area contributed by atoms with E-state index in [0.29, 0.717) is 5.41 Å². The molecule has 6 aliphatic rings. The van der Waals surface area contributed by atoms with Crippen LogP contribution in [0, 0.1) is 23.2 Å². The Morgan fingerprint density at radius 2 is 1.36 bits per heavy atom. The third kappa shape index (κ3) is 6.57. The van der Waals surface area contributed by atoms with E-state index >= 15 is 0 Å². The number of hydrogen-bond donors (Lipinski definition) is 0. The molecule has 3 aromatic carbocycles. The van der Waals surface area contributed by atoms with Crippen molar-refractivity contribution in [1.29, 1.82) is 0 Å². The van der Waals surface area contributed by atoms with Crippen LogP contribution in [0.25, 0.3) is 11.1 Å². The van der Waals surface area contributed by atoms with Gasteiger partial charge < -0.3 is 24.8 Å². The normalized spacial score (nSPS) is 25.4. The zero-order valence-corrected chi connectivity index (χ0v) is 33.3. The van der Waals surface area contributed by atoms with Crippen LogP contribution in [0.15, 0.2) is 81.7 Å². The van der Waals surface area contributed by atoms with Crippen LogP contribution in [0.5, 0.6) is 0 Å². The average Bonchev–Trinajstić information content (AvgIpc) is 3.62. The van der Waals surface area contributed by atoms with Crippen LogP contribution in [0.3, 0.4) is 0 Å². The van der Waals surface area contributed by atoms with Crippen molar-refractivity contribution in [2.45, 2.75) is 110 Å². The summed E-state index contributed by atoms with van der Waals surface area (Å²) in [4.78, 5) is 0. The molecule has 0 N–H and O–H groups in total. The molecule has 3 heteroatoms. The molecule has 47 heavy (non-hydrogen) atoms. The molecule has 0 aromatic heterocycles. The second kappa shape index (κ2) is 13.0. The van der Waals surface area contributed by atoms with E-state index in [1.807, 2.05) is 3.28 Å². The maximum absolute atomic E-state index is 2.87. The molecule has 4 fully saturated rings. The molecule has 0 spiro atoms. The molecule has 0 heterocycles. The Hall–Kier alpha value is -1.53. The van der Waals surface area contributed by atoms with Crippen molar-refractivity contribution in [2.24, 2.45) is 23.2 Å². The summed E-state index contributed by atoms with van der Waals surface area (Å²) in [6.07, 6.45) is 17.9. The Balaban J connectivity index is 0.00000193. The monoisotopic (exact) mass is 740 g/mol. The van der Waals surface area contributed by atoms with Crippen LogP contribution in [-0.2, 0) is 44.9 Å². The zero-order chi connectivity index (χ0) is 31.1. The topological polar surface area (TPSA) is 0 Å². The van der Waals surface area contributed by atoms with Gasteiger partial charge >= 0.3 is 282 Å². The van der Waals surface area contributed by atoms with Crippen LogP contribution in [0.4, 0.5) is 0 Å². The van der Waals surface area contributed by atoms with Crippen LogP contribution in [0.2, 0.25) is 0 Å². The first-order valence-corrected chi connectivity index (χ1v) is 21.8. The molecule has 0 aliphatic heterocycles. The van der Waals surface area contributed by atoms with Crippen molar-refractivity contribution < 1.29 is 46.1 Å². The summed E-state index contributed by atoms with van der Waals surface area (Å²) in [5, 5.41) is 0. The van der Waals surface area contributed by atoms with Crippen LogP contribution in [-0.4, -0.2) is 3.71 Å². The predicted molar refractivity (Wildman–Crippen MR) is 189 cm³/mol. The van der Waals surface area contributed by atoms with Gasteiger partial charge in [-0.3, -0.25) is 0 Å². The smallest absolute Gasteiger partial charge is 1.00 e. The molecule has 4 bridgehead atoms. The van der Waals surface area contributed by atoms with E-state index in [4.69, 9.17) is 0 Å². The molecule has 9 rings (SSSR count). The Bertz CT molecular complexity index is 1720. The minimum atomic E-state index is -2.39. The van der Waals surface area contributed by atoms with Crippen molar-refractivity contribution in [3.8, 4) is 11.1 Å². The minimum absolute atomic E-state index is 0. The summed E-state index contributed by atoms with van der Waals surface area (Å²) < 4.78 is 6.46. The molecule has 0 amide bonds. The number of rotatable bonds is 5. The number of allylic oxidation sites excluding steroid dienone is 4. The minimum Gasteiger partial charge on any atom is -1.00 e. The number of fused-ring (bicyclic) bond motifs is 3. The van der Waals surface area contributed by atoms with Gasteiger partial charge in [0.2, 0.25) is 0 Å². The van der Waals surface area contributed by atoms with Gasteiger partial charge in [-0.05, 0) is 0 Å². The summed E-state index contributed by atoms with van der Waals surface area (Å²) in [5.41, 5.74) is 13.2. The summed E-state index contributed by atoms with van der Waals surface area (Å²) in [6, 6.07) is 23.9. The first-order chi connectivity index (χ1) is 21.4. The Morgan fingerprint density at radius 1 is 0.745 bits per heavy atom. The molecule has 0 nitrogen and oxygen atoms in total. The SMILES string of the molecule is CC(C)(C)c1ccc2c(c1)-c1cc(C(C)(C)C)c[c]([Zr+2](=[CH]Cc3ccccc3)[C]3=CC(C45CC6CC(CC(C6)C4)C5)=CC3)c1C2.[Cl-].[Cl-]. The maximum atomic E-state index is 2.87. The van der Waals surface area contributed by atoms with Gasteiger partial charge in [0.25, 0.3) is 0 Å². The van der Waals surface area contributed by atoms with Gasteiger partial charge in [0.1, 0.15) is 0 Å².